The van der Waals surface area contributed by atoms with E-state index in [-0.39, 0.29) is 0 Å². The van der Waals surface area contributed by atoms with Crippen molar-refractivity contribution in [2.45, 2.75) is 39.5 Å². The van der Waals surface area contributed by atoms with Gasteiger partial charge in [-0.1, -0.05) is 86.5 Å². The molecule has 0 spiro atoms. The molecule has 1 nitrogen and oxygen atoms in total. The van der Waals surface area contributed by atoms with Gasteiger partial charge in [0.15, 0.2) is 11.6 Å². The molecule has 0 heterocycles. The lowest BCUT2D eigenvalue weighted by Gasteiger charge is -2.11. The number of benzene rings is 4. The smallest absolute Gasteiger partial charge is 0.153 e. The van der Waals surface area contributed by atoms with Crippen molar-refractivity contribution < 1.29 is 8.78 Å². The number of isothiocyanates is 1. The third kappa shape index (κ3) is 5.79. The summed E-state index contributed by atoms with van der Waals surface area (Å²) in [6.45, 7) is 4.33. The molecule has 0 aliphatic heterocycles. The molecule has 35 heavy (non-hydrogen) atoms. The van der Waals surface area contributed by atoms with Crippen LogP contribution in [0.25, 0.3) is 33.4 Å². The zero-order valence-corrected chi connectivity index (χ0v) is 20.8. The molecule has 0 bridgehead atoms. The van der Waals surface area contributed by atoms with Crippen LogP contribution in [0.4, 0.5) is 14.5 Å². The molecule has 0 amide bonds. The highest BCUT2D eigenvalue weighted by atomic mass is 32.1. The van der Waals surface area contributed by atoms with Gasteiger partial charge in [0.2, 0.25) is 0 Å². The average Bonchev–Trinajstić information content (AvgIpc) is 2.87. The number of hydrogen-bond acceptors (Lipinski definition) is 2. The number of rotatable bonds is 8. The van der Waals surface area contributed by atoms with E-state index in [2.05, 4.69) is 73.5 Å². The van der Waals surface area contributed by atoms with Crippen molar-refractivity contribution in [3.63, 3.8) is 0 Å². The lowest BCUT2D eigenvalue weighted by atomic mass is 9.94. The Kier molecular flexibility index (Phi) is 7.97. The fourth-order valence-electron chi connectivity index (χ4n) is 4.34. The summed E-state index contributed by atoms with van der Waals surface area (Å²) in [5.74, 6) is -1.52. The summed E-state index contributed by atoms with van der Waals surface area (Å²) in [5.41, 5.74) is 7.87. The molecule has 0 N–H and O–H groups in total. The van der Waals surface area contributed by atoms with E-state index >= 15 is 0 Å². The Morgan fingerprint density at radius 2 is 1.29 bits per heavy atom. The summed E-state index contributed by atoms with van der Waals surface area (Å²) in [4.78, 5) is 3.47. The van der Waals surface area contributed by atoms with E-state index in [0.29, 0.717) is 5.56 Å². The first-order chi connectivity index (χ1) is 17.0. The third-order valence-corrected chi connectivity index (χ3v) is 6.38. The minimum atomic E-state index is -0.762. The molecule has 4 aromatic carbocycles. The Bertz CT molecular complexity index is 1350. The third-order valence-electron chi connectivity index (χ3n) is 6.29. The molecule has 0 saturated heterocycles. The van der Waals surface area contributed by atoms with E-state index in [9.17, 15) is 8.78 Å². The van der Waals surface area contributed by atoms with E-state index in [1.165, 1.54) is 53.6 Å². The summed E-state index contributed by atoms with van der Waals surface area (Å²) in [5, 5.41) is 2.01. The summed E-state index contributed by atoms with van der Waals surface area (Å²) < 4.78 is 28.5. The largest absolute Gasteiger partial charge is 0.204 e. The summed E-state index contributed by atoms with van der Waals surface area (Å²) >= 11 is 4.46. The minimum absolute atomic E-state index is 0.415. The Labute approximate surface area is 211 Å². The Hall–Kier alpha value is -3.46. The van der Waals surface area contributed by atoms with Gasteiger partial charge in [0.1, 0.15) is 5.69 Å². The van der Waals surface area contributed by atoms with Crippen LogP contribution in [0, 0.1) is 18.6 Å². The zero-order chi connectivity index (χ0) is 24.8. The molecular formula is C31H27F2NS. The van der Waals surface area contributed by atoms with Gasteiger partial charge in [-0.15, -0.1) is 0 Å². The number of aliphatic imine (C=N–C) groups is 1. The molecule has 4 aromatic rings. The van der Waals surface area contributed by atoms with Crippen LogP contribution in [0.2, 0.25) is 0 Å². The van der Waals surface area contributed by atoms with E-state index in [0.717, 1.165) is 23.1 Å². The predicted octanol–water partition coefficient (Wildman–Crippen LogP) is 9.74. The van der Waals surface area contributed by atoms with E-state index in [1.54, 1.807) is 0 Å². The van der Waals surface area contributed by atoms with Crippen LogP contribution in [-0.4, -0.2) is 5.16 Å². The first-order valence-corrected chi connectivity index (χ1v) is 12.3. The van der Waals surface area contributed by atoms with Crippen molar-refractivity contribution in [3.05, 3.63) is 102 Å². The quantitative estimate of drug-likeness (QED) is 0.138. The summed E-state index contributed by atoms with van der Waals surface area (Å²) in [6, 6.07) is 25.6. The predicted molar refractivity (Wildman–Crippen MR) is 145 cm³/mol. The van der Waals surface area contributed by atoms with Gasteiger partial charge in [0.25, 0.3) is 0 Å². The van der Waals surface area contributed by atoms with Crippen LogP contribution in [0.15, 0.2) is 83.9 Å². The lowest BCUT2D eigenvalue weighted by molar-refractivity contribution is 0.588. The first kappa shape index (κ1) is 24.7. The van der Waals surface area contributed by atoms with Crippen molar-refractivity contribution in [1.29, 1.82) is 0 Å². The topological polar surface area (TPSA) is 12.4 Å². The van der Waals surface area contributed by atoms with E-state index in [1.807, 2.05) is 29.4 Å². The molecule has 0 radical (unpaired) electrons. The second-order valence-electron chi connectivity index (χ2n) is 8.75. The van der Waals surface area contributed by atoms with E-state index in [4.69, 9.17) is 0 Å². The molecule has 0 atom stereocenters. The maximum atomic E-state index is 14.2. The summed E-state index contributed by atoms with van der Waals surface area (Å²) in [6.07, 6.45) is 4.88. The van der Waals surface area contributed by atoms with Crippen LogP contribution < -0.4 is 0 Å². The molecule has 0 aromatic heterocycles. The van der Waals surface area contributed by atoms with Crippen molar-refractivity contribution in [2.75, 3.05) is 0 Å². The van der Waals surface area contributed by atoms with Crippen molar-refractivity contribution >= 4 is 23.1 Å². The minimum Gasteiger partial charge on any atom is -0.204 e. The average molecular weight is 484 g/mol. The van der Waals surface area contributed by atoms with Crippen LogP contribution in [0.1, 0.15) is 37.3 Å². The second kappa shape index (κ2) is 11.3. The highest BCUT2D eigenvalue weighted by molar-refractivity contribution is 7.78. The standard InChI is InChI=1S/C31H27F2NS/c1-3-4-5-6-22-7-9-23(10-8-22)26-15-16-28(21(2)17-26)25-13-11-24(12-14-25)27-18-29(32)31(34-20-35)30(33)19-27/h7-19H,3-6H2,1-2H3. The molecule has 4 rings (SSSR count). The number of hydrogen-bond donors (Lipinski definition) is 0. The SMILES string of the molecule is CCCCCc1ccc(-c2ccc(-c3ccc(-c4cc(F)c(N=C=S)c(F)c4)cc3)c(C)c2)cc1. The number of aryl methyl sites for hydroxylation is 2. The highest BCUT2D eigenvalue weighted by Gasteiger charge is 2.12. The maximum Gasteiger partial charge on any atom is 0.153 e. The Balaban J connectivity index is 1.54. The monoisotopic (exact) mass is 483 g/mol. The molecular weight excluding hydrogens is 456 g/mol. The Morgan fingerprint density at radius 3 is 1.89 bits per heavy atom. The van der Waals surface area contributed by atoms with E-state index < -0.39 is 17.3 Å². The van der Waals surface area contributed by atoms with Crippen LogP contribution in [0.3, 0.4) is 0 Å². The number of halogens is 2. The molecule has 0 aliphatic rings. The van der Waals surface area contributed by atoms with Crippen LogP contribution in [0.5, 0.6) is 0 Å². The van der Waals surface area contributed by atoms with Crippen LogP contribution >= 0.6 is 12.2 Å². The fourth-order valence-corrected chi connectivity index (χ4v) is 4.43. The summed E-state index contributed by atoms with van der Waals surface area (Å²) in [7, 11) is 0. The first-order valence-electron chi connectivity index (χ1n) is 11.9. The van der Waals surface area contributed by atoms with Crippen molar-refractivity contribution in [2.24, 2.45) is 4.99 Å². The normalized spacial score (nSPS) is 10.7. The van der Waals surface area contributed by atoms with Crippen molar-refractivity contribution in [1.82, 2.24) is 0 Å². The van der Waals surface area contributed by atoms with Crippen LogP contribution in [-0.2, 0) is 6.42 Å². The van der Waals surface area contributed by atoms with Gasteiger partial charge in [0.05, 0.1) is 5.16 Å². The molecule has 0 fully saturated rings. The molecule has 4 heteroatoms. The van der Waals surface area contributed by atoms with Gasteiger partial charge in [-0.25, -0.2) is 8.78 Å². The molecule has 176 valence electrons. The van der Waals surface area contributed by atoms with Gasteiger partial charge < -0.3 is 0 Å². The van der Waals surface area contributed by atoms with Gasteiger partial charge in [-0.2, -0.15) is 4.99 Å². The maximum absolute atomic E-state index is 14.2. The fraction of sp³-hybridized carbons (Fsp3) is 0.194. The van der Waals surface area contributed by atoms with Gasteiger partial charge in [-0.05, 0) is 88.6 Å². The highest BCUT2D eigenvalue weighted by Crippen LogP contribution is 2.32. The molecule has 0 unspecified atom stereocenters. The number of nitrogens with zero attached hydrogens (tertiary/aromatic N) is 1. The zero-order valence-electron chi connectivity index (χ0n) is 19.9. The second-order valence-corrected chi connectivity index (χ2v) is 8.94. The number of thiocarbonyl (C=S) groups is 1. The van der Waals surface area contributed by atoms with Gasteiger partial charge >= 0.3 is 0 Å². The van der Waals surface area contributed by atoms with Gasteiger partial charge in [0, 0.05) is 0 Å². The molecule has 0 aliphatic carbocycles. The van der Waals surface area contributed by atoms with Gasteiger partial charge in [-0.3, -0.25) is 0 Å². The number of unbranched alkanes of at least 4 members (excludes halogenated alkanes) is 2. The Morgan fingerprint density at radius 1 is 0.714 bits per heavy atom. The van der Waals surface area contributed by atoms with Crippen molar-refractivity contribution in [3.8, 4) is 33.4 Å². The lowest BCUT2D eigenvalue weighted by Crippen LogP contribution is -1.89. The molecule has 0 saturated carbocycles.